The zero-order valence-corrected chi connectivity index (χ0v) is 11.7. The van der Waals surface area contributed by atoms with Gasteiger partial charge >= 0.3 is 11.9 Å². The number of carbonyl (C=O) groups excluding carboxylic acids is 2. The number of carbonyl (C=O) groups is 3. The molecule has 6 heteroatoms. The molecule has 0 bridgehead atoms. The topological polar surface area (TPSA) is 107 Å². The van der Waals surface area contributed by atoms with E-state index in [4.69, 9.17) is 10.8 Å². The van der Waals surface area contributed by atoms with Crippen LogP contribution in [0.25, 0.3) is 11.1 Å². The van der Waals surface area contributed by atoms with Crippen LogP contribution in [-0.4, -0.2) is 30.1 Å². The normalized spacial score (nSPS) is 10.0. The summed E-state index contributed by atoms with van der Waals surface area (Å²) in [6.07, 6.45) is 0. The van der Waals surface area contributed by atoms with Gasteiger partial charge in [0.2, 0.25) is 5.91 Å². The maximum absolute atomic E-state index is 11.7. The third-order valence-corrected chi connectivity index (χ3v) is 3.10. The van der Waals surface area contributed by atoms with Crippen LogP contribution < -0.4 is 5.73 Å². The number of methoxy groups -OCH3 is 1. The van der Waals surface area contributed by atoms with Crippen LogP contribution in [0.5, 0.6) is 0 Å². The molecular formula is C16H13NO5. The summed E-state index contributed by atoms with van der Waals surface area (Å²) in [6, 6.07) is 10.5. The monoisotopic (exact) mass is 299 g/mol. The molecule has 0 saturated heterocycles. The lowest BCUT2D eigenvalue weighted by molar-refractivity contribution is 0.0600. The number of rotatable bonds is 4. The highest BCUT2D eigenvalue weighted by Gasteiger charge is 2.16. The number of hydrogen-bond donors (Lipinski definition) is 2. The molecule has 2 aromatic carbocycles. The van der Waals surface area contributed by atoms with Crippen LogP contribution in [0, 0.1) is 0 Å². The van der Waals surface area contributed by atoms with Gasteiger partial charge in [-0.2, -0.15) is 0 Å². The van der Waals surface area contributed by atoms with Crippen molar-refractivity contribution in [2.45, 2.75) is 0 Å². The van der Waals surface area contributed by atoms with Crippen LogP contribution in [0.4, 0.5) is 0 Å². The molecule has 1 amide bonds. The highest BCUT2D eigenvalue weighted by molar-refractivity contribution is 6.02. The van der Waals surface area contributed by atoms with Crippen molar-refractivity contribution >= 4 is 17.8 Å². The van der Waals surface area contributed by atoms with Crippen molar-refractivity contribution in [2.24, 2.45) is 5.73 Å². The number of benzene rings is 2. The summed E-state index contributed by atoms with van der Waals surface area (Å²) in [4.78, 5) is 34.4. The molecule has 0 aliphatic heterocycles. The van der Waals surface area contributed by atoms with Crippen molar-refractivity contribution in [1.82, 2.24) is 0 Å². The molecule has 0 radical (unpaired) electrons. The van der Waals surface area contributed by atoms with Crippen molar-refractivity contribution in [2.75, 3.05) is 7.11 Å². The molecule has 0 atom stereocenters. The van der Waals surface area contributed by atoms with Gasteiger partial charge in [-0.25, -0.2) is 9.59 Å². The van der Waals surface area contributed by atoms with Crippen LogP contribution in [0.3, 0.4) is 0 Å². The predicted octanol–water partition coefficient (Wildman–Crippen LogP) is 1.94. The Balaban J connectivity index is 2.70. The first-order valence-electron chi connectivity index (χ1n) is 6.30. The number of amides is 1. The molecule has 22 heavy (non-hydrogen) atoms. The third kappa shape index (κ3) is 2.95. The number of carboxylic acid groups (broad SMARTS) is 1. The summed E-state index contributed by atoms with van der Waals surface area (Å²) < 4.78 is 4.62. The molecule has 0 aliphatic carbocycles. The maximum Gasteiger partial charge on any atom is 0.337 e. The van der Waals surface area contributed by atoms with Gasteiger partial charge < -0.3 is 15.6 Å². The maximum atomic E-state index is 11.7. The van der Waals surface area contributed by atoms with Gasteiger partial charge in [0, 0.05) is 5.56 Å². The van der Waals surface area contributed by atoms with Crippen molar-refractivity contribution in [3.8, 4) is 11.1 Å². The second-order valence-corrected chi connectivity index (χ2v) is 4.51. The number of carboxylic acids is 1. The molecule has 2 aromatic rings. The number of primary amides is 1. The molecule has 0 aromatic heterocycles. The van der Waals surface area contributed by atoms with E-state index in [2.05, 4.69) is 4.74 Å². The third-order valence-electron chi connectivity index (χ3n) is 3.10. The molecule has 0 saturated carbocycles. The summed E-state index contributed by atoms with van der Waals surface area (Å²) in [5, 5.41) is 9.17. The predicted molar refractivity (Wildman–Crippen MR) is 78.7 cm³/mol. The quantitative estimate of drug-likeness (QED) is 0.839. The van der Waals surface area contributed by atoms with Gasteiger partial charge in [0.1, 0.15) is 0 Å². The molecule has 0 heterocycles. The first kappa shape index (κ1) is 15.2. The van der Waals surface area contributed by atoms with Crippen LogP contribution in [-0.2, 0) is 4.74 Å². The van der Waals surface area contributed by atoms with E-state index in [0.717, 1.165) is 0 Å². The fourth-order valence-corrected chi connectivity index (χ4v) is 2.09. The number of aromatic carboxylic acids is 1. The number of ether oxygens (including phenoxy) is 1. The first-order chi connectivity index (χ1) is 10.4. The van der Waals surface area contributed by atoms with Crippen molar-refractivity contribution in [3.05, 3.63) is 59.2 Å². The molecule has 112 valence electrons. The first-order valence-corrected chi connectivity index (χ1v) is 6.30. The molecule has 0 aliphatic rings. The van der Waals surface area contributed by atoms with Gasteiger partial charge in [-0.15, -0.1) is 0 Å². The second kappa shape index (κ2) is 6.09. The summed E-state index contributed by atoms with van der Waals surface area (Å²) in [5.74, 6) is -2.50. The highest BCUT2D eigenvalue weighted by atomic mass is 16.5. The Morgan fingerprint density at radius 3 is 2.27 bits per heavy atom. The number of nitrogens with two attached hydrogens (primary N) is 1. The average Bonchev–Trinajstić information content (AvgIpc) is 2.53. The van der Waals surface area contributed by atoms with Gasteiger partial charge in [0.15, 0.2) is 0 Å². The average molecular weight is 299 g/mol. The van der Waals surface area contributed by atoms with E-state index in [1.807, 2.05) is 0 Å². The van der Waals surface area contributed by atoms with Gasteiger partial charge in [-0.05, 0) is 35.4 Å². The minimum Gasteiger partial charge on any atom is -0.478 e. The summed E-state index contributed by atoms with van der Waals surface area (Å²) in [6.45, 7) is 0. The van der Waals surface area contributed by atoms with Crippen LogP contribution in [0.15, 0.2) is 42.5 Å². The zero-order valence-electron chi connectivity index (χ0n) is 11.7. The van der Waals surface area contributed by atoms with E-state index in [-0.39, 0.29) is 16.7 Å². The summed E-state index contributed by atoms with van der Waals surface area (Å²) in [7, 11) is 1.20. The Kier molecular flexibility index (Phi) is 4.22. The minimum atomic E-state index is -1.19. The van der Waals surface area contributed by atoms with E-state index in [0.29, 0.717) is 11.1 Å². The number of esters is 1. The fourth-order valence-electron chi connectivity index (χ4n) is 2.09. The SMILES string of the molecule is COC(=O)c1cc(C(=O)O)cc(-c2ccccc2C(N)=O)c1. The van der Waals surface area contributed by atoms with Crippen molar-refractivity contribution < 1.29 is 24.2 Å². The smallest absolute Gasteiger partial charge is 0.337 e. The fraction of sp³-hybridized carbons (Fsp3) is 0.0625. The lowest BCUT2D eigenvalue weighted by Gasteiger charge is -2.10. The standard InChI is InChI=1S/C16H13NO5/c1-22-16(21)11-7-9(6-10(8-11)15(19)20)12-4-2-3-5-13(12)14(17)18/h2-8H,1H3,(H2,17,18)(H,19,20). The Hall–Kier alpha value is -3.15. The molecule has 0 fully saturated rings. The Labute approximate surface area is 126 Å². The van der Waals surface area contributed by atoms with Crippen molar-refractivity contribution in [3.63, 3.8) is 0 Å². The largest absolute Gasteiger partial charge is 0.478 e. The summed E-state index contributed by atoms with van der Waals surface area (Å²) >= 11 is 0. The highest BCUT2D eigenvalue weighted by Crippen LogP contribution is 2.26. The van der Waals surface area contributed by atoms with Gasteiger partial charge in [0.05, 0.1) is 18.2 Å². The Bertz CT molecular complexity index is 767. The molecular weight excluding hydrogens is 286 g/mol. The van der Waals surface area contributed by atoms with Crippen molar-refractivity contribution in [1.29, 1.82) is 0 Å². The lowest BCUT2D eigenvalue weighted by Crippen LogP contribution is -2.12. The Morgan fingerprint density at radius 2 is 1.68 bits per heavy atom. The van der Waals surface area contributed by atoms with Crippen LogP contribution in [0.2, 0.25) is 0 Å². The zero-order chi connectivity index (χ0) is 16.3. The van der Waals surface area contributed by atoms with E-state index in [1.165, 1.54) is 31.4 Å². The number of hydrogen-bond acceptors (Lipinski definition) is 4. The Morgan fingerprint density at radius 1 is 1.05 bits per heavy atom. The van der Waals surface area contributed by atoms with E-state index >= 15 is 0 Å². The second-order valence-electron chi connectivity index (χ2n) is 4.51. The lowest BCUT2D eigenvalue weighted by atomic mass is 9.95. The van der Waals surface area contributed by atoms with E-state index in [1.54, 1.807) is 18.2 Å². The molecule has 0 unspecified atom stereocenters. The van der Waals surface area contributed by atoms with Gasteiger partial charge in [0.25, 0.3) is 0 Å². The molecule has 2 rings (SSSR count). The van der Waals surface area contributed by atoms with Crippen LogP contribution in [0.1, 0.15) is 31.1 Å². The van der Waals surface area contributed by atoms with Crippen LogP contribution >= 0.6 is 0 Å². The van der Waals surface area contributed by atoms with Gasteiger partial charge in [-0.1, -0.05) is 18.2 Å². The van der Waals surface area contributed by atoms with Gasteiger partial charge in [-0.3, -0.25) is 4.79 Å². The minimum absolute atomic E-state index is 0.0803. The molecule has 0 spiro atoms. The van der Waals surface area contributed by atoms with E-state index in [9.17, 15) is 14.4 Å². The summed E-state index contributed by atoms with van der Waals surface area (Å²) in [5.41, 5.74) is 6.40. The molecule has 6 nitrogen and oxygen atoms in total. The molecule has 3 N–H and O–H groups in total. The van der Waals surface area contributed by atoms with E-state index < -0.39 is 17.8 Å².